The van der Waals surface area contributed by atoms with Gasteiger partial charge in [0.2, 0.25) is 0 Å². The van der Waals surface area contributed by atoms with Gasteiger partial charge in [0, 0.05) is 12.6 Å². The summed E-state index contributed by atoms with van der Waals surface area (Å²) < 4.78 is 0. The van der Waals surface area contributed by atoms with E-state index in [9.17, 15) is 14.9 Å². The number of amides is 1. The highest BCUT2D eigenvalue weighted by Gasteiger charge is 2.15. The topological polar surface area (TPSA) is 123 Å². The Hall–Kier alpha value is -2.22. The SMILES string of the molecule is CCNCCCNc1ncc([N+](=O)[O-])cc1C(N)=O. The smallest absolute Gasteiger partial charge is 0.288 e. The van der Waals surface area contributed by atoms with Gasteiger partial charge in [-0.25, -0.2) is 4.98 Å². The van der Waals surface area contributed by atoms with Crippen molar-refractivity contribution in [1.29, 1.82) is 0 Å². The molecule has 0 radical (unpaired) electrons. The first-order valence-electron chi connectivity index (χ1n) is 5.95. The Balaban J connectivity index is 2.71. The van der Waals surface area contributed by atoms with E-state index in [0.29, 0.717) is 6.54 Å². The van der Waals surface area contributed by atoms with Crippen LogP contribution in [-0.4, -0.2) is 35.4 Å². The molecule has 1 rings (SSSR count). The van der Waals surface area contributed by atoms with E-state index in [1.54, 1.807) is 0 Å². The van der Waals surface area contributed by atoms with E-state index >= 15 is 0 Å². The van der Waals surface area contributed by atoms with Gasteiger partial charge in [0.05, 0.1) is 10.5 Å². The van der Waals surface area contributed by atoms with Crippen LogP contribution in [-0.2, 0) is 0 Å². The third-order valence-electron chi connectivity index (χ3n) is 2.42. The number of aromatic nitrogens is 1. The van der Waals surface area contributed by atoms with Crippen molar-refractivity contribution in [2.75, 3.05) is 25.0 Å². The van der Waals surface area contributed by atoms with Crippen molar-refractivity contribution in [3.8, 4) is 0 Å². The Morgan fingerprint density at radius 3 is 2.84 bits per heavy atom. The van der Waals surface area contributed by atoms with Gasteiger partial charge >= 0.3 is 0 Å². The Morgan fingerprint density at radius 2 is 2.26 bits per heavy atom. The molecular weight excluding hydrogens is 250 g/mol. The molecule has 0 saturated heterocycles. The minimum atomic E-state index is -0.745. The number of nitrogens with zero attached hydrogens (tertiary/aromatic N) is 2. The molecule has 0 aliphatic heterocycles. The van der Waals surface area contributed by atoms with Crippen molar-refractivity contribution in [3.05, 3.63) is 27.9 Å². The molecule has 0 aliphatic rings. The Bertz CT molecular complexity index is 464. The van der Waals surface area contributed by atoms with Crippen molar-refractivity contribution < 1.29 is 9.72 Å². The molecule has 104 valence electrons. The summed E-state index contributed by atoms with van der Waals surface area (Å²) in [5.74, 6) is -0.472. The number of rotatable bonds is 8. The first-order chi connectivity index (χ1) is 9.06. The fourth-order valence-corrected chi connectivity index (χ4v) is 1.48. The molecule has 8 nitrogen and oxygen atoms in total. The third-order valence-corrected chi connectivity index (χ3v) is 2.42. The third kappa shape index (κ3) is 4.51. The van der Waals surface area contributed by atoms with E-state index < -0.39 is 10.8 Å². The predicted octanol–water partition coefficient (Wildman–Crippen LogP) is 0.500. The molecule has 1 heterocycles. The molecule has 0 aliphatic carbocycles. The first-order valence-corrected chi connectivity index (χ1v) is 5.95. The van der Waals surface area contributed by atoms with Crippen LogP contribution in [0.5, 0.6) is 0 Å². The van der Waals surface area contributed by atoms with Gasteiger partial charge in [0.25, 0.3) is 11.6 Å². The fraction of sp³-hybridized carbons (Fsp3) is 0.455. The van der Waals surface area contributed by atoms with Crippen LogP contribution in [0.4, 0.5) is 11.5 Å². The van der Waals surface area contributed by atoms with Crippen LogP contribution in [0.3, 0.4) is 0 Å². The number of carbonyl (C=O) groups is 1. The van der Waals surface area contributed by atoms with Gasteiger partial charge in [-0.3, -0.25) is 14.9 Å². The van der Waals surface area contributed by atoms with Crippen molar-refractivity contribution in [3.63, 3.8) is 0 Å². The van der Waals surface area contributed by atoms with Crippen LogP contribution in [0, 0.1) is 10.1 Å². The lowest BCUT2D eigenvalue weighted by atomic mass is 10.2. The number of nitro groups is 1. The molecule has 1 aromatic rings. The number of primary amides is 1. The van der Waals surface area contributed by atoms with Gasteiger partial charge in [0.1, 0.15) is 12.0 Å². The number of pyridine rings is 1. The molecule has 0 unspecified atom stereocenters. The molecule has 0 saturated carbocycles. The van der Waals surface area contributed by atoms with Gasteiger partial charge in [0.15, 0.2) is 0 Å². The maximum atomic E-state index is 11.2. The van der Waals surface area contributed by atoms with Crippen LogP contribution in [0.2, 0.25) is 0 Å². The quantitative estimate of drug-likeness (QED) is 0.358. The van der Waals surface area contributed by atoms with E-state index in [1.165, 1.54) is 0 Å². The monoisotopic (exact) mass is 267 g/mol. The summed E-state index contributed by atoms with van der Waals surface area (Å²) in [6, 6.07) is 1.13. The summed E-state index contributed by atoms with van der Waals surface area (Å²) in [4.78, 5) is 25.1. The lowest BCUT2D eigenvalue weighted by molar-refractivity contribution is -0.385. The minimum absolute atomic E-state index is 0.0256. The zero-order chi connectivity index (χ0) is 14.3. The standard InChI is InChI=1S/C11H17N5O3/c1-2-13-4-3-5-14-11-9(10(12)17)6-8(7-15-11)16(18)19/h6-7,13H,2-5H2,1H3,(H2,12,17)(H,14,15). The number of nitrogens with one attached hydrogen (secondary N) is 2. The summed E-state index contributed by atoms with van der Waals surface area (Å²) in [6.45, 7) is 4.33. The van der Waals surface area contributed by atoms with E-state index in [4.69, 9.17) is 5.73 Å². The lowest BCUT2D eigenvalue weighted by Crippen LogP contribution is -2.19. The van der Waals surface area contributed by atoms with Crippen LogP contribution in [0.25, 0.3) is 0 Å². The summed E-state index contributed by atoms with van der Waals surface area (Å²) in [7, 11) is 0. The molecule has 0 fully saturated rings. The maximum absolute atomic E-state index is 11.2. The number of carbonyl (C=O) groups excluding carboxylic acids is 1. The maximum Gasteiger partial charge on any atom is 0.288 e. The predicted molar refractivity (Wildman–Crippen MR) is 71.1 cm³/mol. The normalized spacial score (nSPS) is 10.2. The highest BCUT2D eigenvalue weighted by Crippen LogP contribution is 2.18. The molecular formula is C11H17N5O3. The van der Waals surface area contributed by atoms with Crippen molar-refractivity contribution in [1.82, 2.24) is 10.3 Å². The second-order valence-electron chi connectivity index (χ2n) is 3.84. The van der Waals surface area contributed by atoms with Crippen LogP contribution in [0.1, 0.15) is 23.7 Å². The molecule has 0 bridgehead atoms. The molecule has 19 heavy (non-hydrogen) atoms. The Morgan fingerprint density at radius 1 is 1.53 bits per heavy atom. The van der Waals surface area contributed by atoms with E-state index in [1.807, 2.05) is 6.92 Å². The zero-order valence-corrected chi connectivity index (χ0v) is 10.7. The Labute approximate surface area is 110 Å². The number of hydrogen-bond donors (Lipinski definition) is 3. The number of hydrogen-bond acceptors (Lipinski definition) is 6. The fourth-order valence-electron chi connectivity index (χ4n) is 1.48. The van der Waals surface area contributed by atoms with E-state index in [2.05, 4.69) is 15.6 Å². The summed E-state index contributed by atoms with van der Waals surface area (Å²) >= 11 is 0. The second kappa shape index (κ2) is 7.27. The molecule has 4 N–H and O–H groups in total. The zero-order valence-electron chi connectivity index (χ0n) is 10.7. The van der Waals surface area contributed by atoms with Gasteiger partial charge in [-0.1, -0.05) is 6.92 Å². The second-order valence-corrected chi connectivity index (χ2v) is 3.84. The largest absolute Gasteiger partial charge is 0.369 e. The summed E-state index contributed by atoms with van der Waals surface area (Å²) in [5.41, 5.74) is 4.95. The molecule has 8 heteroatoms. The van der Waals surface area contributed by atoms with Crippen LogP contribution in [0.15, 0.2) is 12.3 Å². The number of anilines is 1. The Kier molecular flexibility index (Phi) is 5.68. The molecule has 1 aromatic heterocycles. The van der Waals surface area contributed by atoms with Crippen LogP contribution < -0.4 is 16.4 Å². The highest BCUT2D eigenvalue weighted by molar-refractivity contribution is 5.98. The average molecular weight is 267 g/mol. The summed E-state index contributed by atoms with van der Waals surface area (Å²) in [5, 5.41) is 16.7. The van der Waals surface area contributed by atoms with Crippen LogP contribution >= 0.6 is 0 Å². The van der Waals surface area contributed by atoms with Gasteiger partial charge in [-0.15, -0.1) is 0 Å². The first kappa shape index (κ1) is 14.8. The lowest BCUT2D eigenvalue weighted by Gasteiger charge is -2.08. The van der Waals surface area contributed by atoms with E-state index in [0.717, 1.165) is 31.8 Å². The van der Waals surface area contributed by atoms with Crippen molar-refractivity contribution >= 4 is 17.4 Å². The number of nitrogens with two attached hydrogens (primary N) is 1. The molecule has 0 spiro atoms. The van der Waals surface area contributed by atoms with Gasteiger partial charge < -0.3 is 16.4 Å². The average Bonchev–Trinajstić information content (AvgIpc) is 2.38. The highest BCUT2D eigenvalue weighted by atomic mass is 16.6. The minimum Gasteiger partial charge on any atom is -0.369 e. The van der Waals surface area contributed by atoms with Crippen molar-refractivity contribution in [2.45, 2.75) is 13.3 Å². The molecule has 1 amide bonds. The molecule has 0 atom stereocenters. The van der Waals surface area contributed by atoms with E-state index in [-0.39, 0.29) is 17.1 Å². The molecule has 0 aromatic carbocycles. The van der Waals surface area contributed by atoms with Gasteiger partial charge in [-0.2, -0.15) is 0 Å². The van der Waals surface area contributed by atoms with Crippen molar-refractivity contribution in [2.24, 2.45) is 5.73 Å². The summed E-state index contributed by atoms with van der Waals surface area (Å²) in [6.07, 6.45) is 1.93. The van der Waals surface area contributed by atoms with Gasteiger partial charge in [-0.05, 0) is 19.5 Å².